The lowest BCUT2D eigenvalue weighted by atomic mass is 10.6. The van der Waals surface area contributed by atoms with Crippen LogP contribution in [-0.2, 0) is 4.74 Å². The zero-order chi connectivity index (χ0) is 8.69. The van der Waals surface area contributed by atoms with E-state index >= 15 is 0 Å². The van der Waals surface area contributed by atoms with E-state index in [4.69, 9.17) is 4.74 Å². The molecule has 0 fully saturated rings. The van der Waals surface area contributed by atoms with Crippen LogP contribution >= 0.6 is 0 Å². The number of carbonyl (C=O) groups is 1. The van der Waals surface area contributed by atoms with Crippen molar-refractivity contribution in [3.63, 3.8) is 0 Å². The smallest absolute Gasteiger partial charge is 0.409 e. The maximum atomic E-state index is 10.9. The third kappa shape index (κ3) is 4.61. The number of carbonyl (C=O) groups excluding carboxylic acids is 1. The van der Waals surface area contributed by atoms with Crippen molar-refractivity contribution >= 4 is 6.09 Å². The van der Waals surface area contributed by atoms with E-state index in [2.05, 4.69) is 5.32 Å². The van der Waals surface area contributed by atoms with Crippen LogP contribution in [0.3, 0.4) is 0 Å². The van der Waals surface area contributed by atoms with Crippen LogP contribution in [0.5, 0.6) is 0 Å². The highest BCUT2D eigenvalue weighted by Crippen LogP contribution is 1.87. The number of nitrogens with zero attached hydrogens (tertiary/aromatic N) is 1. The predicted molar refractivity (Wildman–Crippen MR) is 43.6 cm³/mol. The van der Waals surface area contributed by atoms with Gasteiger partial charge in [0.05, 0.1) is 0 Å². The predicted octanol–water partition coefficient (Wildman–Crippen LogP) is 0.294. The van der Waals surface area contributed by atoms with E-state index in [1.165, 1.54) is 4.90 Å². The van der Waals surface area contributed by atoms with Gasteiger partial charge in [-0.1, -0.05) is 0 Å². The molecule has 0 saturated carbocycles. The Morgan fingerprint density at radius 2 is 2.27 bits per heavy atom. The van der Waals surface area contributed by atoms with Crippen molar-refractivity contribution in [3.8, 4) is 0 Å². The summed E-state index contributed by atoms with van der Waals surface area (Å²) in [7, 11) is 3.53. The van der Waals surface area contributed by atoms with E-state index in [1.807, 2.05) is 14.0 Å². The molecule has 0 rings (SSSR count). The quantitative estimate of drug-likeness (QED) is 0.601. The molecule has 0 saturated heterocycles. The molecule has 1 amide bonds. The van der Waals surface area contributed by atoms with Crippen molar-refractivity contribution in [2.45, 2.75) is 6.92 Å². The van der Waals surface area contributed by atoms with Gasteiger partial charge in [-0.15, -0.1) is 0 Å². The third-order valence-corrected chi connectivity index (χ3v) is 1.36. The van der Waals surface area contributed by atoms with Gasteiger partial charge in [0.25, 0.3) is 0 Å². The summed E-state index contributed by atoms with van der Waals surface area (Å²) in [4.78, 5) is 12.4. The largest absolute Gasteiger partial charge is 0.448 e. The van der Waals surface area contributed by atoms with Crippen molar-refractivity contribution in [1.82, 2.24) is 10.2 Å². The normalized spacial score (nSPS) is 9.36. The number of hydrogen-bond donors (Lipinski definition) is 1. The van der Waals surface area contributed by atoms with Gasteiger partial charge in [-0.25, -0.2) is 4.79 Å². The van der Waals surface area contributed by atoms with E-state index in [1.54, 1.807) is 7.05 Å². The van der Waals surface area contributed by atoms with Gasteiger partial charge >= 0.3 is 6.09 Å². The van der Waals surface area contributed by atoms with Crippen molar-refractivity contribution in [3.05, 3.63) is 0 Å². The van der Waals surface area contributed by atoms with Crippen molar-refractivity contribution in [1.29, 1.82) is 0 Å². The molecule has 0 unspecified atom stereocenters. The van der Waals surface area contributed by atoms with Gasteiger partial charge in [0, 0.05) is 20.1 Å². The van der Waals surface area contributed by atoms with E-state index in [-0.39, 0.29) is 6.09 Å². The Morgan fingerprint density at radius 1 is 1.64 bits per heavy atom. The Hall–Kier alpha value is -0.770. The lowest BCUT2D eigenvalue weighted by Gasteiger charge is -2.13. The Kier molecular flexibility index (Phi) is 5.56. The highest BCUT2D eigenvalue weighted by Gasteiger charge is 2.05. The monoisotopic (exact) mass is 160 g/mol. The summed E-state index contributed by atoms with van der Waals surface area (Å²) in [5, 5.41) is 2.88. The van der Waals surface area contributed by atoms with Crippen molar-refractivity contribution < 1.29 is 9.53 Å². The van der Waals surface area contributed by atoms with Crippen LogP contribution in [0, 0.1) is 0 Å². The number of nitrogens with one attached hydrogen (secondary N) is 1. The molecule has 0 aromatic carbocycles. The summed E-state index contributed by atoms with van der Waals surface area (Å²) < 4.78 is 4.86. The fourth-order valence-corrected chi connectivity index (χ4v) is 0.480. The van der Waals surface area contributed by atoms with E-state index in [0.29, 0.717) is 19.7 Å². The Balaban J connectivity index is 3.36. The standard InChI is InChI=1S/C7H16N2O2/c1-4-9(3)7(10)11-6-5-8-2/h8H,4-6H2,1-3H3. The molecule has 0 bridgehead atoms. The second-order valence-electron chi connectivity index (χ2n) is 2.23. The van der Waals surface area contributed by atoms with Gasteiger partial charge in [0.15, 0.2) is 0 Å². The average Bonchev–Trinajstić information content (AvgIpc) is 2.03. The number of likely N-dealkylation sites (N-methyl/N-ethyl adjacent to an activating group) is 1. The molecule has 0 aromatic heterocycles. The molecule has 0 atom stereocenters. The maximum Gasteiger partial charge on any atom is 0.409 e. The minimum atomic E-state index is -0.261. The average molecular weight is 160 g/mol. The first kappa shape index (κ1) is 10.2. The fraction of sp³-hybridized carbons (Fsp3) is 0.857. The Labute approximate surface area is 67.5 Å². The third-order valence-electron chi connectivity index (χ3n) is 1.36. The summed E-state index contributed by atoms with van der Waals surface area (Å²) in [6, 6.07) is 0. The van der Waals surface area contributed by atoms with Crippen LogP contribution in [-0.4, -0.2) is 44.8 Å². The number of hydrogen-bond acceptors (Lipinski definition) is 3. The van der Waals surface area contributed by atoms with Crippen molar-refractivity contribution in [2.75, 3.05) is 33.8 Å². The van der Waals surface area contributed by atoms with Gasteiger partial charge in [-0.3, -0.25) is 0 Å². The Bertz CT molecular complexity index is 117. The van der Waals surface area contributed by atoms with Crippen LogP contribution in [0.25, 0.3) is 0 Å². The molecule has 4 nitrogen and oxygen atoms in total. The number of rotatable bonds is 4. The maximum absolute atomic E-state index is 10.9. The summed E-state index contributed by atoms with van der Waals surface area (Å²) in [5.41, 5.74) is 0. The minimum absolute atomic E-state index is 0.261. The first-order chi connectivity index (χ1) is 5.22. The Morgan fingerprint density at radius 3 is 2.73 bits per heavy atom. The van der Waals surface area contributed by atoms with Crippen LogP contribution in [0.1, 0.15) is 6.92 Å². The number of ether oxygens (including phenoxy) is 1. The molecular formula is C7H16N2O2. The molecule has 0 aliphatic carbocycles. The molecule has 0 aromatic rings. The molecule has 0 spiro atoms. The van der Waals surface area contributed by atoms with Gasteiger partial charge in [-0.2, -0.15) is 0 Å². The fourth-order valence-electron chi connectivity index (χ4n) is 0.480. The molecule has 0 aliphatic heterocycles. The van der Waals surface area contributed by atoms with Crippen molar-refractivity contribution in [2.24, 2.45) is 0 Å². The molecule has 4 heteroatoms. The van der Waals surface area contributed by atoms with Crippen LogP contribution < -0.4 is 5.32 Å². The summed E-state index contributed by atoms with van der Waals surface area (Å²) in [6.45, 7) is 3.71. The SMILES string of the molecule is CCN(C)C(=O)OCCNC. The summed E-state index contributed by atoms with van der Waals surface area (Å²) in [5.74, 6) is 0. The highest BCUT2D eigenvalue weighted by atomic mass is 16.6. The molecule has 1 N–H and O–H groups in total. The topological polar surface area (TPSA) is 41.6 Å². The zero-order valence-electron chi connectivity index (χ0n) is 7.39. The van der Waals surface area contributed by atoms with E-state index in [0.717, 1.165) is 0 Å². The molecule has 11 heavy (non-hydrogen) atoms. The van der Waals surface area contributed by atoms with Crippen LogP contribution in [0.4, 0.5) is 4.79 Å². The summed E-state index contributed by atoms with van der Waals surface area (Å²) >= 11 is 0. The van der Waals surface area contributed by atoms with E-state index in [9.17, 15) is 4.79 Å². The first-order valence-electron chi connectivity index (χ1n) is 3.74. The molecular weight excluding hydrogens is 144 g/mol. The van der Waals surface area contributed by atoms with Crippen LogP contribution in [0.2, 0.25) is 0 Å². The summed E-state index contributed by atoms with van der Waals surface area (Å²) in [6.07, 6.45) is -0.261. The lowest BCUT2D eigenvalue weighted by molar-refractivity contribution is 0.114. The van der Waals surface area contributed by atoms with E-state index < -0.39 is 0 Å². The molecule has 0 aliphatic rings. The highest BCUT2D eigenvalue weighted by molar-refractivity contribution is 5.67. The lowest BCUT2D eigenvalue weighted by Crippen LogP contribution is -2.29. The minimum Gasteiger partial charge on any atom is -0.448 e. The van der Waals surface area contributed by atoms with Crippen LogP contribution in [0.15, 0.2) is 0 Å². The first-order valence-corrected chi connectivity index (χ1v) is 3.74. The molecule has 0 heterocycles. The van der Waals surface area contributed by atoms with Gasteiger partial charge in [0.2, 0.25) is 0 Å². The number of amides is 1. The second-order valence-corrected chi connectivity index (χ2v) is 2.23. The van der Waals surface area contributed by atoms with Gasteiger partial charge in [-0.05, 0) is 14.0 Å². The molecule has 0 radical (unpaired) electrons. The van der Waals surface area contributed by atoms with Gasteiger partial charge in [0.1, 0.15) is 6.61 Å². The zero-order valence-corrected chi connectivity index (χ0v) is 7.39. The second kappa shape index (κ2) is 5.97. The van der Waals surface area contributed by atoms with Gasteiger partial charge < -0.3 is 15.0 Å². The molecule has 66 valence electrons.